The van der Waals surface area contributed by atoms with Crippen molar-refractivity contribution < 1.29 is 12.9 Å². The number of hydrogen-bond donors (Lipinski definition) is 0. The molecule has 2 fully saturated rings. The van der Waals surface area contributed by atoms with E-state index in [4.69, 9.17) is 0 Å². The predicted octanol–water partition coefficient (Wildman–Crippen LogP) is 3.10. The van der Waals surface area contributed by atoms with Crippen LogP contribution in [-0.2, 0) is 0 Å². The Balaban J connectivity index is 1.72. The monoisotopic (exact) mass is 220 g/mol. The molecule has 0 amide bonds. The van der Waals surface area contributed by atoms with Crippen molar-refractivity contribution in [1.82, 2.24) is 4.90 Å². The number of likely N-dealkylation sites (tertiary alicyclic amines) is 1. The molecule has 5 heteroatoms. The van der Waals surface area contributed by atoms with Crippen molar-refractivity contribution in [3.8, 4) is 0 Å². The number of halogens is 3. The van der Waals surface area contributed by atoms with Gasteiger partial charge in [0.25, 0.3) is 0 Å². The van der Waals surface area contributed by atoms with Crippen LogP contribution in [0.2, 0.25) is 6.32 Å². The van der Waals surface area contributed by atoms with Crippen LogP contribution < -0.4 is 0 Å². The summed E-state index contributed by atoms with van der Waals surface area (Å²) in [6.45, 7) is -2.79. The molecule has 0 radical (unpaired) electrons. The highest BCUT2D eigenvalue weighted by atomic mass is 19.4. The SMILES string of the molecule is F[B-](F)(F)CC1CCN(C2CCC2)CC1. The van der Waals surface area contributed by atoms with Crippen LogP contribution in [0.4, 0.5) is 12.9 Å². The first-order valence-corrected chi connectivity index (χ1v) is 5.99. The smallest absolute Gasteiger partial charge is 0.449 e. The molecule has 1 heterocycles. The van der Waals surface area contributed by atoms with Crippen molar-refractivity contribution in [2.45, 2.75) is 44.5 Å². The molecule has 1 nitrogen and oxygen atoms in total. The van der Waals surface area contributed by atoms with E-state index in [0.717, 1.165) is 25.9 Å². The molecule has 1 saturated heterocycles. The standard InChI is InChI=1S/C10H18BF3N/c12-11(13,14)8-9-4-6-15(7-5-9)10-2-1-3-10/h9-10H,1-8H2/q-1. The molecule has 0 aromatic rings. The summed E-state index contributed by atoms with van der Waals surface area (Å²) in [7, 11) is 0. The maximum atomic E-state index is 12.2. The Kier molecular flexibility index (Phi) is 3.28. The fourth-order valence-electron chi connectivity index (χ4n) is 2.68. The molecule has 0 bridgehead atoms. The summed E-state index contributed by atoms with van der Waals surface area (Å²) in [5, 5.41) is 0. The Bertz CT molecular complexity index is 207. The molecule has 1 aliphatic carbocycles. The van der Waals surface area contributed by atoms with E-state index in [1.54, 1.807) is 0 Å². The molecule has 0 atom stereocenters. The Morgan fingerprint density at radius 2 is 1.60 bits per heavy atom. The van der Waals surface area contributed by atoms with Gasteiger partial charge in [0.1, 0.15) is 0 Å². The molecule has 0 unspecified atom stereocenters. The van der Waals surface area contributed by atoms with Crippen molar-refractivity contribution >= 4 is 6.98 Å². The Morgan fingerprint density at radius 1 is 1.00 bits per heavy atom. The lowest BCUT2D eigenvalue weighted by atomic mass is 9.74. The van der Waals surface area contributed by atoms with Crippen molar-refractivity contribution in [3.63, 3.8) is 0 Å². The van der Waals surface area contributed by atoms with Crippen molar-refractivity contribution in [1.29, 1.82) is 0 Å². The third kappa shape index (κ3) is 3.13. The lowest BCUT2D eigenvalue weighted by Crippen LogP contribution is -2.45. The second-order valence-electron chi connectivity index (χ2n) is 5.01. The molecule has 0 aromatic heterocycles. The summed E-state index contributed by atoms with van der Waals surface area (Å²) in [6.07, 6.45) is 4.80. The van der Waals surface area contributed by atoms with Gasteiger partial charge in [-0.25, -0.2) is 0 Å². The highest BCUT2D eigenvalue weighted by Gasteiger charge is 2.32. The molecule has 2 aliphatic rings. The van der Waals surface area contributed by atoms with Gasteiger partial charge >= 0.3 is 6.98 Å². The largest absolute Gasteiger partial charge is 0.478 e. The molecule has 0 aromatic carbocycles. The second-order valence-corrected chi connectivity index (χ2v) is 5.01. The van der Waals surface area contributed by atoms with E-state index in [9.17, 15) is 12.9 Å². The van der Waals surface area contributed by atoms with E-state index < -0.39 is 13.3 Å². The van der Waals surface area contributed by atoms with Gasteiger partial charge in [-0.3, -0.25) is 0 Å². The summed E-state index contributed by atoms with van der Waals surface area (Å²) < 4.78 is 36.7. The molecular weight excluding hydrogens is 202 g/mol. The van der Waals surface area contributed by atoms with Crippen molar-refractivity contribution in [3.05, 3.63) is 0 Å². The van der Waals surface area contributed by atoms with Crippen LogP contribution in [0.25, 0.3) is 0 Å². The summed E-state index contributed by atoms with van der Waals surface area (Å²) >= 11 is 0. The first kappa shape index (κ1) is 11.3. The van der Waals surface area contributed by atoms with Crippen LogP contribution in [0.1, 0.15) is 32.1 Å². The lowest BCUT2D eigenvalue weighted by Gasteiger charge is -2.42. The van der Waals surface area contributed by atoms with E-state index >= 15 is 0 Å². The maximum Gasteiger partial charge on any atom is 0.478 e. The Labute approximate surface area is 89.1 Å². The maximum absolute atomic E-state index is 12.2. The molecule has 2 rings (SSSR count). The zero-order valence-electron chi connectivity index (χ0n) is 8.97. The van der Waals surface area contributed by atoms with Crippen molar-refractivity contribution in [2.75, 3.05) is 13.1 Å². The van der Waals surface area contributed by atoms with Gasteiger partial charge in [0.05, 0.1) is 0 Å². The molecule has 88 valence electrons. The average molecular weight is 220 g/mol. The van der Waals surface area contributed by atoms with Crippen LogP contribution in [-0.4, -0.2) is 31.0 Å². The topological polar surface area (TPSA) is 3.24 Å². The minimum Gasteiger partial charge on any atom is -0.449 e. The zero-order valence-corrected chi connectivity index (χ0v) is 8.97. The first-order chi connectivity index (χ1) is 7.04. The highest BCUT2D eigenvalue weighted by molar-refractivity contribution is 6.58. The van der Waals surface area contributed by atoms with Crippen LogP contribution in [0, 0.1) is 5.92 Å². The average Bonchev–Trinajstić information content (AvgIpc) is 2.02. The van der Waals surface area contributed by atoms with Gasteiger partial charge in [0.2, 0.25) is 0 Å². The zero-order chi connectivity index (χ0) is 10.9. The number of rotatable bonds is 3. The van der Waals surface area contributed by atoms with Crippen LogP contribution in [0.3, 0.4) is 0 Å². The fourth-order valence-corrected chi connectivity index (χ4v) is 2.68. The van der Waals surface area contributed by atoms with Gasteiger partial charge in [0.15, 0.2) is 0 Å². The minimum absolute atomic E-state index is 0.0960. The third-order valence-corrected chi connectivity index (χ3v) is 3.84. The predicted molar refractivity (Wildman–Crippen MR) is 55.8 cm³/mol. The Hall–Kier alpha value is -0.185. The minimum atomic E-state index is -4.57. The van der Waals surface area contributed by atoms with Gasteiger partial charge in [0, 0.05) is 6.04 Å². The van der Waals surface area contributed by atoms with E-state index in [1.807, 2.05) is 0 Å². The highest BCUT2D eigenvalue weighted by Crippen LogP contribution is 2.32. The molecule has 15 heavy (non-hydrogen) atoms. The van der Waals surface area contributed by atoms with Crippen LogP contribution >= 0.6 is 0 Å². The van der Waals surface area contributed by atoms with Gasteiger partial charge in [-0.1, -0.05) is 18.7 Å². The van der Waals surface area contributed by atoms with Crippen LogP contribution in [0.5, 0.6) is 0 Å². The van der Waals surface area contributed by atoms with Gasteiger partial charge < -0.3 is 17.8 Å². The quantitative estimate of drug-likeness (QED) is 0.660. The van der Waals surface area contributed by atoms with E-state index in [0.29, 0.717) is 6.04 Å². The van der Waals surface area contributed by atoms with E-state index in [1.165, 1.54) is 19.3 Å². The number of piperidine rings is 1. The normalized spacial score (nSPS) is 26.6. The first-order valence-electron chi connectivity index (χ1n) is 5.99. The summed E-state index contributed by atoms with van der Waals surface area (Å²) in [5.41, 5.74) is 0. The molecule has 0 spiro atoms. The molecule has 0 N–H and O–H groups in total. The molecular formula is C10H18BF3N-. The second kappa shape index (κ2) is 4.36. The molecule has 1 saturated carbocycles. The fraction of sp³-hybridized carbons (Fsp3) is 1.00. The van der Waals surface area contributed by atoms with Crippen molar-refractivity contribution in [2.24, 2.45) is 5.92 Å². The summed E-state index contributed by atoms with van der Waals surface area (Å²) in [5.74, 6) is -0.0960. The van der Waals surface area contributed by atoms with E-state index in [-0.39, 0.29) is 5.92 Å². The third-order valence-electron chi connectivity index (χ3n) is 3.84. The number of hydrogen-bond acceptors (Lipinski definition) is 1. The van der Waals surface area contributed by atoms with Gasteiger partial charge in [-0.05, 0) is 38.8 Å². The van der Waals surface area contributed by atoms with Crippen LogP contribution in [0.15, 0.2) is 0 Å². The lowest BCUT2D eigenvalue weighted by molar-refractivity contribution is 0.0867. The van der Waals surface area contributed by atoms with Gasteiger partial charge in [-0.2, -0.15) is 0 Å². The van der Waals surface area contributed by atoms with E-state index in [2.05, 4.69) is 4.90 Å². The Morgan fingerprint density at radius 3 is 2.00 bits per heavy atom. The number of nitrogens with zero attached hydrogens (tertiary/aromatic N) is 1. The summed E-state index contributed by atoms with van der Waals surface area (Å²) in [6, 6.07) is 0.697. The summed E-state index contributed by atoms with van der Waals surface area (Å²) in [4.78, 5) is 2.39. The van der Waals surface area contributed by atoms with Gasteiger partial charge in [-0.15, -0.1) is 0 Å². The molecule has 1 aliphatic heterocycles.